The molecule has 0 radical (unpaired) electrons. The van der Waals surface area contributed by atoms with E-state index in [2.05, 4.69) is 76.9 Å². The zero-order valence-electron chi connectivity index (χ0n) is 13.0. The molecule has 110 valence electrons. The SMILES string of the molecule is Cc1ccccc1C[n+]1cc(-c2ccccc2)n2c1CCC2. The molecule has 0 spiro atoms. The first-order chi connectivity index (χ1) is 10.8. The fourth-order valence-electron chi connectivity index (χ4n) is 3.46. The highest BCUT2D eigenvalue weighted by Crippen LogP contribution is 2.24. The van der Waals surface area contributed by atoms with Gasteiger partial charge in [0, 0.05) is 5.56 Å². The van der Waals surface area contributed by atoms with Crippen LogP contribution in [0.25, 0.3) is 11.3 Å². The molecule has 2 nitrogen and oxygen atoms in total. The molecule has 4 rings (SSSR count). The van der Waals surface area contributed by atoms with Gasteiger partial charge in [0.1, 0.15) is 12.7 Å². The van der Waals surface area contributed by atoms with Gasteiger partial charge in [0.2, 0.25) is 0 Å². The van der Waals surface area contributed by atoms with E-state index in [1.165, 1.54) is 41.1 Å². The first kappa shape index (κ1) is 13.3. The van der Waals surface area contributed by atoms with Gasteiger partial charge in [-0.15, -0.1) is 0 Å². The normalized spacial score (nSPS) is 13.3. The highest BCUT2D eigenvalue weighted by Gasteiger charge is 2.28. The van der Waals surface area contributed by atoms with Gasteiger partial charge in [-0.2, -0.15) is 0 Å². The molecular formula is C20H21N2+. The molecule has 0 bridgehead atoms. The van der Waals surface area contributed by atoms with Crippen LogP contribution in [0.1, 0.15) is 23.4 Å². The van der Waals surface area contributed by atoms with Gasteiger partial charge in [-0.1, -0.05) is 54.6 Å². The van der Waals surface area contributed by atoms with Crippen LogP contribution in [0.4, 0.5) is 0 Å². The summed E-state index contributed by atoms with van der Waals surface area (Å²) in [6.45, 7) is 4.31. The van der Waals surface area contributed by atoms with Crippen LogP contribution >= 0.6 is 0 Å². The van der Waals surface area contributed by atoms with Crippen molar-refractivity contribution in [1.82, 2.24) is 4.57 Å². The second-order valence-corrected chi connectivity index (χ2v) is 6.11. The highest BCUT2D eigenvalue weighted by atomic mass is 15.2. The second kappa shape index (κ2) is 5.45. The Labute approximate surface area is 131 Å². The van der Waals surface area contributed by atoms with E-state index in [-0.39, 0.29) is 0 Å². The van der Waals surface area contributed by atoms with Gasteiger partial charge >= 0.3 is 0 Å². The Hall–Kier alpha value is -2.35. The molecule has 1 aliphatic heterocycles. The maximum Gasteiger partial charge on any atom is 0.257 e. The van der Waals surface area contributed by atoms with Crippen LogP contribution in [-0.4, -0.2) is 4.57 Å². The number of fused-ring (bicyclic) bond motifs is 1. The maximum absolute atomic E-state index is 2.49. The van der Waals surface area contributed by atoms with Gasteiger partial charge in [-0.25, -0.2) is 9.13 Å². The summed E-state index contributed by atoms with van der Waals surface area (Å²) in [4.78, 5) is 0. The smallest absolute Gasteiger partial charge is 0.229 e. The third-order valence-corrected chi connectivity index (χ3v) is 4.67. The fourth-order valence-corrected chi connectivity index (χ4v) is 3.46. The van der Waals surface area contributed by atoms with E-state index in [0.29, 0.717) is 0 Å². The zero-order chi connectivity index (χ0) is 14.9. The minimum absolute atomic E-state index is 0.967. The lowest BCUT2D eigenvalue weighted by atomic mass is 10.1. The first-order valence-electron chi connectivity index (χ1n) is 8.05. The van der Waals surface area contributed by atoms with E-state index in [9.17, 15) is 0 Å². The summed E-state index contributed by atoms with van der Waals surface area (Å²) in [5, 5.41) is 0. The van der Waals surface area contributed by atoms with Crippen LogP contribution in [0.3, 0.4) is 0 Å². The van der Waals surface area contributed by atoms with Crippen molar-refractivity contribution in [2.45, 2.75) is 32.9 Å². The summed E-state index contributed by atoms with van der Waals surface area (Å²) in [5.74, 6) is 1.46. The van der Waals surface area contributed by atoms with E-state index in [1.807, 2.05) is 0 Å². The summed E-state index contributed by atoms with van der Waals surface area (Å²) < 4.78 is 4.94. The highest BCUT2D eigenvalue weighted by molar-refractivity contribution is 5.58. The Morgan fingerprint density at radius 3 is 2.59 bits per heavy atom. The molecule has 0 aliphatic carbocycles. The fraction of sp³-hybridized carbons (Fsp3) is 0.250. The van der Waals surface area contributed by atoms with Crippen LogP contribution in [0.15, 0.2) is 60.8 Å². The number of aromatic nitrogens is 2. The Balaban J connectivity index is 1.77. The van der Waals surface area contributed by atoms with Crippen LogP contribution < -0.4 is 4.57 Å². The minimum atomic E-state index is 0.967. The molecule has 0 saturated heterocycles. The van der Waals surface area contributed by atoms with Crippen molar-refractivity contribution in [3.63, 3.8) is 0 Å². The lowest BCUT2D eigenvalue weighted by Gasteiger charge is -2.03. The number of hydrogen-bond donors (Lipinski definition) is 0. The molecule has 3 aromatic rings. The van der Waals surface area contributed by atoms with E-state index < -0.39 is 0 Å². The maximum atomic E-state index is 2.49. The number of hydrogen-bond acceptors (Lipinski definition) is 0. The third-order valence-electron chi connectivity index (χ3n) is 4.67. The van der Waals surface area contributed by atoms with Crippen molar-refractivity contribution in [3.05, 3.63) is 77.7 Å². The summed E-state index contributed by atoms with van der Waals surface area (Å²) >= 11 is 0. The molecule has 0 unspecified atom stereocenters. The molecule has 0 N–H and O–H groups in total. The molecule has 22 heavy (non-hydrogen) atoms. The molecule has 0 amide bonds. The van der Waals surface area contributed by atoms with Gasteiger partial charge in [-0.3, -0.25) is 0 Å². The number of rotatable bonds is 3. The number of benzene rings is 2. The molecule has 1 aromatic heterocycles. The summed E-state index contributed by atoms with van der Waals surface area (Å²) in [6, 6.07) is 19.4. The van der Waals surface area contributed by atoms with Gasteiger partial charge < -0.3 is 0 Å². The van der Waals surface area contributed by atoms with Crippen LogP contribution in [0, 0.1) is 6.92 Å². The topological polar surface area (TPSA) is 8.81 Å². The third kappa shape index (κ3) is 2.25. The van der Waals surface area contributed by atoms with E-state index >= 15 is 0 Å². The molecule has 0 fully saturated rings. The Morgan fingerprint density at radius 1 is 1.00 bits per heavy atom. The average Bonchev–Trinajstić information content (AvgIpc) is 3.14. The van der Waals surface area contributed by atoms with E-state index in [1.54, 1.807) is 0 Å². The first-order valence-corrected chi connectivity index (χ1v) is 8.05. The molecule has 1 aliphatic rings. The van der Waals surface area contributed by atoms with Gasteiger partial charge in [0.25, 0.3) is 5.82 Å². The summed E-state index contributed by atoms with van der Waals surface area (Å²) in [7, 11) is 0. The summed E-state index contributed by atoms with van der Waals surface area (Å²) in [6.07, 6.45) is 4.76. The summed E-state index contributed by atoms with van der Waals surface area (Å²) in [5.41, 5.74) is 5.44. The lowest BCUT2D eigenvalue weighted by molar-refractivity contribution is -0.694. The van der Waals surface area contributed by atoms with Crippen molar-refractivity contribution in [2.75, 3.05) is 0 Å². The Bertz CT molecular complexity index is 800. The lowest BCUT2D eigenvalue weighted by Crippen LogP contribution is -2.36. The molecule has 2 aromatic carbocycles. The molecule has 2 heteroatoms. The minimum Gasteiger partial charge on any atom is -0.229 e. The average molecular weight is 289 g/mol. The number of aryl methyl sites for hydroxylation is 1. The van der Waals surface area contributed by atoms with Crippen LogP contribution in [0.2, 0.25) is 0 Å². The predicted octanol–water partition coefficient (Wildman–Crippen LogP) is 3.75. The zero-order valence-corrected chi connectivity index (χ0v) is 13.0. The van der Waals surface area contributed by atoms with Crippen molar-refractivity contribution >= 4 is 0 Å². The quantitative estimate of drug-likeness (QED) is 0.649. The largest absolute Gasteiger partial charge is 0.257 e. The van der Waals surface area contributed by atoms with Gasteiger partial charge in [-0.05, 0) is 24.5 Å². The van der Waals surface area contributed by atoms with Gasteiger partial charge in [0.05, 0.1) is 13.0 Å². The van der Waals surface area contributed by atoms with E-state index in [4.69, 9.17) is 0 Å². The van der Waals surface area contributed by atoms with Crippen LogP contribution in [0.5, 0.6) is 0 Å². The molecule has 0 atom stereocenters. The van der Waals surface area contributed by atoms with Crippen molar-refractivity contribution in [2.24, 2.45) is 0 Å². The molecule has 2 heterocycles. The standard InChI is InChI=1S/C20H21N2/c1-16-8-5-6-11-18(16)14-21-15-19(17-9-3-2-4-10-17)22-13-7-12-20(21)22/h2-6,8-11,15H,7,12-14H2,1H3/q+1. The van der Waals surface area contributed by atoms with Crippen LogP contribution in [-0.2, 0) is 19.5 Å². The van der Waals surface area contributed by atoms with Crippen molar-refractivity contribution in [3.8, 4) is 11.3 Å². The second-order valence-electron chi connectivity index (χ2n) is 6.11. The monoisotopic (exact) mass is 289 g/mol. The molecular weight excluding hydrogens is 268 g/mol. The number of nitrogens with zero attached hydrogens (tertiary/aromatic N) is 2. The van der Waals surface area contributed by atoms with Gasteiger partial charge in [0.15, 0.2) is 5.69 Å². The number of imidazole rings is 1. The predicted molar refractivity (Wildman–Crippen MR) is 88.7 cm³/mol. The Kier molecular flexibility index (Phi) is 3.30. The Morgan fingerprint density at radius 2 is 1.77 bits per heavy atom. The van der Waals surface area contributed by atoms with Crippen molar-refractivity contribution < 1.29 is 4.57 Å². The van der Waals surface area contributed by atoms with Crippen molar-refractivity contribution in [1.29, 1.82) is 0 Å². The molecule has 0 saturated carbocycles. The van der Waals surface area contributed by atoms with E-state index in [0.717, 1.165) is 13.1 Å².